The van der Waals surface area contributed by atoms with E-state index in [0.29, 0.717) is 16.8 Å². The van der Waals surface area contributed by atoms with Crippen LogP contribution in [0.25, 0.3) is 16.9 Å². The van der Waals surface area contributed by atoms with Crippen LogP contribution in [0.1, 0.15) is 33.2 Å². The summed E-state index contributed by atoms with van der Waals surface area (Å²) in [5, 5.41) is 11.1. The Balaban J connectivity index is 1.55. The molecule has 0 aliphatic heterocycles. The first-order chi connectivity index (χ1) is 14.5. The Morgan fingerprint density at radius 3 is 2.33 bits per heavy atom. The second kappa shape index (κ2) is 8.13. The zero-order valence-electron chi connectivity index (χ0n) is 16.7. The average molecular weight is 396 g/mol. The average Bonchev–Trinajstić information content (AvgIpc) is 3.24. The number of amides is 1. The van der Waals surface area contributed by atoms with Gasteiger partial charge in [-0.3, -0.25) is 9.59 Å². The van der Waals surface area contributed by atoms with Crippen LogP contribution >= 0.6 is 0 Å². The highest BCUT2D eigenvalue weighted by Gasteiger charge is 2.11. The summed E-state index contributed by atoms with van der Waals surface area (Å²) in [5.41, 5.74) is 5.50. The smallest absolute Gasteiger partial charge is 0.255 e. The predicted octanol–water partition coefficient (Wildman–Crippen LogP) is 4.70. The van der Waals surface area contributed by atoms with Gasteiger partial charge < -0.3 is 5.32 Å². The maximum absolute atomic E-state index is 12.6. The number of hydrogen-bond donors (Lipinski definition) is 1. The maximum Gasteiger partial charge on any atom is 0.255 e. The van der Waals surface area contributed by atoms with Crippen LogP contribution in [0.15, 0.2) is 79.0 Å². The van der Waals surface area contributed by atoms with Crippen LogP contribution in [-0.2, 0) is 0 Å². The number of rotatable bonds is 5. The van der Waals surface area contributed by atoms with Crippen molar-refractivity contribution in [1.29, 1.82) is 0 Å². The molecule has 0 bridgehead atoms. The Labute approximate surface area is 174 Å². The van der Waals surface area contributed by atoms with Gasteiger partial charge in [0.1, 0.15) is 0 Å². The molecule has 3 aromatic carbocycles. The van der Waals surface area contributed by atoms with E-state index in [4.69, 9.17) is 0 Å². The summed E-state index contributed by atoms with van der Waals surface area (Å²) in [5.74, 6) is -0.299. The molecular formula is C24H20N4O2. The minimum Gasteiger partial charge on any atom is -0.322 e. The SMILES string of the molecule is CC(=O)c1cccc(NC(=O)c2ccc(-n3nncc3-c3ccc(C)cc3)cc2)c1. The zero-order valence-corrected chi connectivity index (χ0v) is 16.7. The molecule has 1 amide bonds. The largest absolute Gasteiger partial charge is 0.322 e. The summed E-state index contributed by atoms with van der Waals surface area (Å²) < 4.78 is 1.74. The van der Waals surface area contributed by atoms with E-state index in [1.807, 2.05) is 43.3 Å². The van der Waals surface area contributed by atoms with Crippen molar-refractivity contribution in [1.82, 2.24) is 15.0 Å². The maximum atomic E-state index is 12.6. The standard InChI is InChI=1S/C24H20N4O2/c1-16-6-8-18(9-7-16)23-15-25-27-28(23)22-12-10-19(11-13-22)24(30)26-21-5-3-4-20(14-21)17(2)29/h3-15H,1-2H3,(H,26,30). The number of aromatic nitrogens is 3. The van der Waals surface area contributed by atoms with Gasteiger partial charge in [-0.2, -0.15) is 0 Å². The molecule has 0 fully saturated rings. The summed E-state index contributed by atoms with van der Waals surface area (Å²) in [6, 6.07) is 22.1. The van der Waals surface area contributed by atoms with Gasteiger partial charge in [0.2, 0.25) is 0 Å². The molecule has 30 heavy (non-hydrogen) atoms. The van der Waals surface area contributed by atoms with Gasteiger partial charge in [0.05, 0.1) is 17.6 Å². The molecule has 0 aliphatic rings. The van der Waals surface area contributed by atoms with Crippen LogP contribution in [0.3, 0.4) is 0 Å². The molecule has 0 aliphatic carbocycles. The molecule has 0 saturated heterocycles. The van der Waals surface area contributed by atoms with E-state index in [1.54, 1.807) is 47.3 Å². The van der Waals surface area contributed by atoms with E-state index in [0.717, 1.165) is 16.9 Å². The van der Waals surface area contributed by atoms with Gasteiger partial charge in [-0.1, -0.05) is 47.2 Å². The lowest BCUT2D eigenvalue weighted by Gasteiger charge is -2.09. The lowest BCUT2D eigenvalue weighted by molar-refractivity contribution is 0.101. The van der Waals surface area contributed by atoms with E-state index in [2.05, 4.69) is 15.6 Å². The number of nitrogens with one attached hydrogen (secondary N) is 1. The van der Waals surface area contributed by atoms with E-state index < -0.39 is 0 Å². The lowest BCUT2D eigenvalue weighted by atomic mass is 10.1. The summed E-state index contributed by atoms with van der Waals surface area (Å²) >= 11 is 0. The van der Waals surface area contributed by atoms with Crippen molar-refractivity contribution in [2.24, 2.45) is 0 Å². The lowest BCUT2D eigenvalue weighted by Crippen LogP contribution is -2.12. The molecule has 4 aromatic rings. The monoisotopic (exact) mass is 396 g/mol. The number of Topliss-reactive ketones (excluding diaryl/α,β-unsaturated/α-hetero) is 1. The molecule has 0 atom stereocenters. The number of hydrogen-bond acceptors (Lipinski definition) is 4. The summed E-state index contributed by atoms with van der Waals surface area (Å²) in [6.45, 7) is 3.54. The van der Waals surface area contributed by atoms with Crippen molar-refractivity contribution >= 4 is 17.4 Å². The van der Waals surface area contributed by atoms with Gasteiger partial charge >= 0.3 is 0 Å². The highest BCUT2D eigenvalue weighted by Crippen LogP contribution is 2.22. The third-order valence-electron chi connectivity index (χ3n) is 4.80. The van der Waals surface area contributed by atoms with Crippen molar-refractivity contribution in [2.45, 2.75) is 13.8 Å². The van der Waals surface area contributed by atoms with Crippen molar-refractivity contribution in [3.63, 3.8) is 0 Å². The van der Waals surface area contributed by atoms with Gasteiger partial charge in [-0.15, -0.1) is 5.10 Å². The molecule has 148 valence electrons. The van der Waals surface area contributed by atoms with Gasteiger partial charge in [-0.25, -0.2) is 4.68 Å². The Kier molecular flexibility index (Phi) is 5.22. The Morgan fingerprint density at radius 1 is 0.900 bits per heavy atom. The molecule has 1 N–H and O–H groups in total. The zero-order chi connectivity index (χ0) is 21.1. The second-order valence-electron chi connectivity index (χ2n) is 7.04. The van der Waals surface area contributed by atoms with Gasteiger partial charge in [-0.05, 0) is 50.2 Å². The molecule has 0 spiro atoms. The molecular weight excluding hydrogens is 376 g/mol. The minimum absolute atomic E-state index is 0.0485. The van der Waals surface area contributed by atoms with E-state index in [9.17, 15) is 9.59 Å². The van der Waals surface area contributed by atoms with E-state index in [-0.39, 0.29) is 11.7 Å². The van der Waals surface area contributed by atoms with Crippen LogP contribution < -0.4 is 5.32 Å². The van der Waals surface area contributed by atoms with E-state index in [1.165, 1.54) is 12.5 Å². The first-order valence-corrected chi connectivity index (χ1v) is 9.52. The fraction of sp³-hybridized carbons (Fsp3) is 0.0833. The normalized spacial score (nSPS) is 10.6. The number of nitrogens with zero attached hydrogens (tertiary/aromatic N) is 3. The summed E-state index contributed by atoms with van der Waals surface area (Å²) in [6.07, 6.45) is 1.72. The third-order valence-corrected chi connectivity index (χ3v) is 4.80. The molecule has 0 unspecified atom stereocenters. The molecule has 6 nitrogen and oxygen atoms in total. The fourth-order valence-corrected chi connectivity index (χ4v) is 3.12. The van der Waals surface area contributed by atoms with Gasteiger partial charge in [0, 0.05) is 22.4 Å². The third kappa shape index (κ3) is 4.03. The minimum atomic E-state index is -0.250. The number of anilines is 1. The molecule has 0 radical (unpaired) electrons. The highest BCUT2D eigenvalue weighted by molar-refractivity contribution is 6.05. The van der Waals surface area contributed by atoms with Crippen LogP contribution in [0.5, 0.6) is 0 Å². The summed E-state index contributed by atoms with van der Waals surface area (Å²) in [4.78, 5) is 24.1. The van der Waals surface area contributed by atoms with Gasteiger partial charge in [0.15, 0.2) is 5.78 Å². The quantitative estimate of drug-likeness (QED) is 0.496. The number of carbonyl (C=O) groups excluding carboxylic acids is 2. The Hall–Kier alpha value is -4.06. The van der Waals surface area contributed by atoms with Gasteiger partial charge in [0.25, 0.3) is 5.91 Å². The van der Waals surface area contributed by atoms with Crippen LogP contribution in [0.4, 0.5) is 5.69 Å². The number of carbonyl (C=O) groups is 2. The molecule has 6 heteroatoms. The van der Waals surface area contributed by atoms with Crippen LogP contribution in [0.2, 0.25) is 0 Å². The van der Waals surface area contributed by atoms with Crippen molar-refractivity contribution in [3.8, 4) is 16.9 Å². The Bertz CT molecular complexity index is 1210. The topological polar surface area (TPSA) is 76.9 Å². The number of aryl methyl sites for hydroxylation is 1. The predicted molar refractivity (Wildman–Crippen MR) is 116 cm³/mol. The number of benzene rings is 3. The molecule has 4 rings (SSSR count). The van der Waals surface area contributed by atoms with Crippen molar-refractivity contribution in [3.05, 3.63) is 95.7 Å². The first kappa shape index (κ1) is 19.3. The molecule has 1 aromatic heterocycles. The molecule has 1 heterocycles. The highest BCUT2D eigenvalue weighted by atomic mass is 16.1. The summed E-state index contributed by atoms with van der Waals surface area (Å²) in [7, 11) is 0. The van der Waals surface area contributed by atoms with E-state index >= 15 is 0 Å². The fourth-order valence-electron chi connectivity index (χ4n) is 3.12. The van der Waals surface area contributed by atoms with Crippen molar-refractivity contribution < 1.29 is 9.59 Å². The van der Waals surface area contributed by atoms with Crippen LogP contribution in [0, 0.1) is 6.92 Å². The van der Waals surface area contributed by atoms with Crippen molar-refractivity contribution in [2.75, 3.05) is 5.32 Å². The Morgan fingerprint density at radius 2 is 1.63 bits per heavy atom. The second-order valence-corrected chi connectivity index (χ2v) is 7.04. The van der Waals surface area contributed by atoms with Crippen LogP contribution in [-0.4, -0.2) is 26.7 Å². The molecule has 0 saturated carbocycles. The number of ketones is 1. The first-order valence-electron chi connectivity index (χ1n) is 9.52.